The lowest BCUT2D eigenvalue weighted by atomic mass is 9.77. The Morgan fingerprint density at radius 3 is 1.31 bits per heavy atom. The molecule has 0 aromatic heterocycles. The topological polar surface area (TPSA) is 52.6 Å². The monoisotopic (exact) mass is 532 g/mol. The number of esters is 2. The fourth-order valence-corrected chi connectivity index (χ4v) is 6.51. The average molecular weight is 533 g/mol. The van der Waals surface area contributed by atoms with Crippen LogP contribution < -0.4 is 0 Å². The molecule has 212 valence electrons. The van der Waals surface area contributed by atoms with Gasteiger partial charge in [0.25, 0.3) is 0 Å². The van der Waals surface area contributed by atoms with Gasteiger partial charge in [-0.15, -0.1) is 0 Å². The molecule has 0 radical (unpaired) electrons. The summed E-state index contributed by atoms with van der Waals surface area (Å²) < 4.78 is 12.8. The molecule has 0 N–H and O–H groups in total. The van der Waals surface area contributed by atoms with Gasteiger partial charge in [-0.25, -0.2) is 9.59 Å². The van der Waals surface area contributed by atoms with Crippen LogP contribution in [0, 0.1) is 40.9 Å². The van der Waals surface area contributed by atoms with E-state index in [-0.39, 0.29) is 29.1 Å². The van der Waals surface area contributed by atoms with Gasteiger partial charge in [-0.1, -0.05) is 106 Å². The van der Waals surface area contributed by atoms with Crippen molar-refractivity contribution in [3.63, 3.8) is 0 Å². The second-order valence-electron chi connectivity index (χ2n) is 13.8. The van der Waals surface area contributed by atoms with Gasteiger partial charge in [0.05, 0.1) is 11.1 Å². The molecule has 0 fully saturated rings. The van der Waals surface area contributed by atoms with Crippen molar-refractivity contribution in [3.05, 3.63) is 70.9 Å². The van der Waals surface area contributed by atoms with Gasteiger partial charge in [0, 0.05) is 24.7 Å². The lowest BCUT2D eigenvalue weighted by Gasteiger charge is -2.37. The number of allylic oxidation sites excluding steroid dienone is 6. The van der Waals surface area contributed by atoms with Crippen LogP contribution in [0.25, 0.3) is 0 Å². The average Bonchev–Trinajstić information content (AvgIpc) is 3.28. The van der Waals surface area contributed by atoms with Crippen molar-refractivity contribution < 1.29 is 19.1 Å². The molecule has 0 spiro atoms. The predicted octanol–water partition coefficient (Wildman–Crippen LogP) is 8.09. The normalized spacial score (nSPS) is 31.0. The van der Waals surface area contributed by atoms with Crippen LogP contribution in [0.4, 0.5) is 0 Å². The van der Waals surface area contributed by atoms with Crippen LogP contribution in [0.3, 0.4) is 0 Å². The zero-order chi connectivity index (χ0) is 28.9. The molecule has 0 aromatic carbocycles. The third kappa shape index (κ3) is 5.05. The maximum absolute atomic E-state index is 14.1. The highest BCUT2D eigenvalue weighted by atomic mass is 16.6. The lowest BCUT2D eigenvalue weighted by molar-refractivity contribution is -0.157. The highest BCUT2D eigenvalue weighted by Gasteiger charge is 2.56. The molecule has 4 nitrogen and oxygen atoms in total. The molecule has 4 rings (SSSR count). The number of rotatable bonds is 8. The standard InChI is InChI=1S/C35H48O4/c1-21(2)25-13-17-34(18-14-25,23(5)6)38-31(36)29-27-11-12-28(33(27,9)10)30(29)32(37)39-35(24(7)8)19-15-26(16-20-35)22(3)4/h11-17,19,21-24,27-28H,18,20H2,1-10H3. The summed E-state index contributed by atoms with van der Waals surface area (Å²) >= 11 is 0. The van der Waals surface area contributed by atoms with Crippen LogP contribution >= 0.6 is 0 Å². The Morgan fingerprint density at radius 2 is 1.05 bits per heavy atom. The van der Waals surface area contributed by atoms with E-state index in [1.54, 1.807) is 0 Å². The summed E-state index contributed by atoms with van der Waals surface area (Å²) in [7, 11) is 0. The van der Waals surface area contributed by atoms with E-state index in [0.29, 0.717) is 35.8 Å². The highest BCUT2D eigenvalue weighted by molar-refractivity contribution is 6.04. The molecule has 2 bridgehead atoms. The second kappa shape index (κ2) is 10.4. The highest BCUT2D eigenvalue weighted by Crippen LogP contribution is 2.57. The van der Waals surface area contributed by atoms with Crippen molar-refractivity contribution in [2.24, 2.45) is 40.9 Å². The van der Waals surface area contributed by atoms with Gasteiger partial charge in [0.15, 0.2) is 0 Å². The number of carbonyl (C=O) groups is 2. The van der Waals surface area contributed by atoms with E-state index in [0.717, 1.165) is 0 Å². The van der Waals surface area contributed by atoms with E-state index in [1.165, 1.54) is 11.1 Å². The molecule has 4 heteroatoms. The van der Waals surface area contributed by atoms with E-state index in [9.17, 15) is 9.59 Å². The molecule has 0 amide bonds. The molecule has 0 saturated heterocycles. The molecule has 4 aliphatic carbocycles. The van der Waals surface area contributed by atoms with E-state index in [2.05, 4.69) is 118 Å². The van der Waals surface area contributed by atoms with Crippen molar-refractivity contribution in [1.29, 1.82) is 0 Å². The third-order valence-electron chi connectivity index (χ3n) is 9.73. The second-order valence-corrected chi connectivity index (χ2v) is 13.8. The Balaban J connectivity index is 1.67. The Morgan fingerprint density at radius 1 is 0.692 bits per heavy atom. The molecule has 39 heavy (non-hydrogen) atoms. The lowest BCUT2D eigenvalue weighted by Crippen LogP contribution is -2.41. The largest absolute Gasteiger partial charge is 0.451 e. The summed E-state index contributed by atoms with van der Waals surface area (Å²) in [6.07, 6.45) is 18.1. The van der Waals surface area contributed by atoms with Gasteiger partial charge in [0.2, 0.25) is 0 Å². The Labute approximate surface area is 236 Å². The minimum Gasteiger partial charge on any atom is -0.451 e. The summed E-state index contributed by atoms with van der Waals surface area (Å²) in [5.41, 5.74) is 1.68. The van der Waals surface area contributed by atoms with Crippen LogP contribution in [0.1, 0.15) is 82.1 Å². The number of hydrogen-bond acceptors (Lipinski definition) is 4. The van der Waals surface area contributed by atoms with E-state index in [4.69, 9.17) is 9.47 Å². The van der Waals surface area contributed by atoms with Crippen molar-refractivity contribution in [1.82, 2.24) is 0 Å². The molecule has 0 aromatic rings. The first kappa shape index (κ1) is 29.4. The minimum atomic E-state index is -0.740. The van der Waals surface area contributed by atoms with Crippen molar-refractivity contribution in [2.45, 2.75) is 93.3 Å². The Hall–Kier alpha value is -2.62. The molecule has 4 atom stereocenters. The molecule has 0 heterocycles. The summed E-state index contributed by atoms with van der Waals surface area (Å²) in [4.78, 5) is 28.1. The maximum atomic E-state index is 14.1. The summed E-state index contributed by atoms with van der Waals surface area (Å²) in [6, 6.07) is 0. The minimum absolute atomic E-state index is 0.0827. The van der Waals surface area contributed by atoms with E-state index >= 15 is 0 Å². The number of fused-ring (bicyclic) bond motifs is 2. The van der Waals surface area contributed by atoms with Crippen LogP contribution in [0.2, 0.25) is 0 Å². The molecule has 0 saturated carbocycles. The summed E-state index contributed by atoms with van der Waals surface area (Å²) in [5.74, 6) is -0.162. The number of hydrogen-bond donors (Lipinski definition) is 0. The first-order chi connectivity index (χ1) is 18.1. The van der Waals surface area contributed by atoms with Gasteiger partial charge < -0.3 is 9.47 Å². The predicted molar refractivity (Wildman–Crippen MR) is 158 cm³/mol. The van der Waals surface area contributed by atoms with Gasteiger partial charge in [-0.2, -0.15) is 0 Å². The van der Waals surface area contributed by atoms with Crippen LogP contribution in [-0.4, -0.2) is 23.1 Å². The zero-order valence-corrected chi connectivity index (χ0v) is 25.6. The van der Waals surface area contributed by atoms with Gasteiger partial charge in [-0.05, 0) is 52.4 Å². The molecule has 4 unspecified atom stereocenters. The first-order valence-electron chi connectivity index (χ1n) is 14.8. The zero-order valence-electron chi connectivity index (χ0n) is 25.6. The fraction of sp³-hybridized carbons (Fsp3) is 0.600. The quantitative estimate of drug-likeness (QED) is 0.234. The van der Waals surface area contributed by atoms with Crippen LogP contribution in [-0.2, 0) is 19.1 Å². The van der Waals surface area contributed by atoms with E-state index < -0.39 is 23.1 Å². The molecular formula is C35H48O4. The summed E-state index contributed by atoms with van der Waals surface area (Å²) in [5, 5.41) is 0. The van der Waals surface area contributed by atoms with Gasteiger partial charge in [0.1, 0.15) is 11.2 Å². The van der Waals surface area contributed by atoms with Gasteiger partial charge >= 0.3 is 11.9 Å². The van der Waals surface area contributed by atoms with Crippen molar-refractivity contribution >= 4 is 11.9 Å². The fourth-order valence-electron chi connectivity index (χ4n) is 6.51. The van der Waals surface area contributed by atoms with Crippen LogP contribution in [0.5, 0.6) is 0 Å². The number of ether oxygens (including phenoxy) is 2. The molecule has 4 aliphatic rings. The third-order valence-corrected chi connectivity index (χ3v) is 9.73. The van der Waals surface area contributed by atoms with Crippen molar-refractivity contribution in [2.75, 3.05) is 0 Å². The Bertz CT molecular complexity index is 1110. The SMILES string of the molecule is CC(C)C1=CCC(OC(=O)C2=C(C(=O)OC3(C(C)C)C=CC(C(C)C)=CC3)C3C=CC2C3(C)C)(C(C)C)C=C1. The molecular weight excluding hydrogens is 484 g/mol. The molecule has 0 aliphatic heterocycles. The maximum Gasteiger partial charge on any atom is 0.336 e. The Kier molecular flexibility index (Phi) is 7.84. The van der Waals surface area contributed by atoms with E-state index in [1.807, 2.05) is 0 Å². The first-order valence-corrected chi connectivity index (χ1v) is 14.8. The summed E-state index contributed by atoms with van der Waals surface area (Å²) in [6.45, 7) is 21.3. The smallest absolute Gasteiger partial charge is 0.336 e. The van der Waals surface area contributed by atoms with Crippen LogP contribution in [0.15, 0.2) is 70.9 Å². The van der Waals surface area contributed by atoms with Crippen molar-refractivity contribution in [3.8, 4) is 0 Å². The number of carbonyl (C=O) groups excluding carboxylic acids is 2. The van der Waals surface area contributed by atoms with Gasteiger partial charge in [-0.3, -0.25) is 0 Å².